The second-order valence-electron chi connectivity index (χ2n) is 27.3. The Morgan fingerprint density at radius 3 is 0.755 bits per heavy atom. The molecule has 21 rings (SSSR count). The van der Waals surface area contributed by atoms with Gasteiger partial charge in [-0.05, 0) is 157 Å². The molecule has 0 saturated carbocycles. The smallest absolute Gasteiger partial charge is 0.309 e. The largest absolute Gasteiger partial charge is 0.417 e. The highest BCUT2D eigenvalue weighted by Gasteiger charge is 2.41. The summed E-state index contributed by atoms with van der Waals surface area (Å²) >= 11 is 0. The maximum atomic E-state index is 15.7. The van der Waals surface area contributed by atoms with E-state index in [1.165, 1.54) is 12.1 Å². The van der Waals surface area contributed by atoms with Crippen molar-refractivity contribution in [2.75, 3.05) is 0 Å². The topological polar surface area (TPSA) is 53.4 Å². The zero-order valence-electron chi connectivity index (χ0n) is 56.0. The fourth-order valence-corrected chi connectivity index (χ4v) is 17.3. The van der Waals surface area contributed by atoms with Gasteiger partial charge in [0.05, 0.1) is 100 Å². The van der Waals surface area contributed by atoms with Gasteiger partial charge in [-0.25, -0.2) is 0 Å². The lowest BCUT2D eigenvalue weighted by atomic mass is 9.90. The molecule has 0 saturated heterocycles. The highest BCUT2D eigenvalue weighted by molar-refractivity contribution is 6.17. The van der Waals surface area contributed by atoms with Crippen LogP contribution in [0, 0.1) is 11.3 Å². The molecule has 0 unspecified atom stereocenters. The number of fused-ring (bicyclic) bond motifs is 18. The van der Waals surface area contributed by atoms with E-state index in [1.807, 2.05) is 138 Å². The summed E-state index contributed by atoms with van der Waals surface area (Å²) in [6.07, 6.45) is -10.4. The Labute approximate surface area is 599 Å². The first-order chi connectivity index (χ1) is 51.8. The number of nitriles is 1. The molecule has 15 aromatic carbocycles. The number of hydrogen-bond donors (Lipinski definition) is 0. The van der Waals surface area contributed by atoms with Gasteiger partial charge in [0.15, 0.2) is 0 Å². The summed E-state index contributed by atoms with van der Waals surface area (Å²) in [6, 6.07) is 106. The van der Waals surface area contributed by atoms with Crippen LogP contribution in [0.1, 0.15) is 16.7 Å². The Bertz CT molecular complexity index is 6820. The van der Waals surface area contributed by atoms with Crippen molar-refractivity contribution >= 4 is 131 Å². The zero-order chi connectivity index (χ0) is 71.0. The Morgan fingerprint density at radius 2 is 0.481 bits per heavy atom. The first-order valence-electron chi connectivity index (χ1n) is 34.9. The van der Waals surface area contributed by atoms with Crippen molar-refractivity contribution in [1.82, 2.24) is 27.4 Å². The minimum atomic E-state index is -5.20. The van der Waals surface area contributed by atoms with Gasteiger partial charge >= 0.3 is 12.4 Å². The highest BCUT2D eigenvalue weighted by Crippen LogP contribution is 2.50. The quantitative estimate of drug-likeness (QED) is 0.140. The molecule has 502 valence electrons. The van der Waals surface area contributed by atoms with Gasteiger partial charge in [0, 0.05) is 104 Å². The third-order valence-corrected chi connectivity index (χ3v) is 21.7. The van der Waals surface area contributed by atoms with Crippen molar-refractivity contribution in [2.45, 2.75) is 12.4 Å². The molecule has 0 aliphatic heterocycles. The first kappa shape index (κ1) is 60.9. The van der Waals surface area contributed by atoms with E-state index >= 15 is 26.3 Å². The minimum absolute atomic E-state index is 0.283. The number of rotatable bonds is 8. The van der Waals surface area contributed by atoms with Crippen molar-refractivity contribution in [3.05, 3.63) is 338 Å². The Hall–Kier alpha value is -13.8. The predicted octanol–water partition coefficient (Wildman–Crippen LogP) is 25.5. The van der Waals surface area contributed by atoms with Gasteiger partial charge in [-0.3, -0.25) is 0 Å². The monoisotopic (exact) mass is 1380 g/mol. The molecule has 0 N–H and O–H groups in total. The second kappa shape index (κ2) is 22.6. The summed E-state index contributed by atoms with van der Waals surface area (Å²) in [5.74, 6) is 0. The molecule has 13 heteroatoms. The third kappa shape index (κ3) is 8.88. The minimum Gasteiger partial charge on any atom is -0.309 e. The molecule has 0 aliphatic carbocycles. The van der Waals surface area contributed by atoms with Crippen molar-refractivity contribution < 1.29 is 26.3 Å². The summed E-state index contributed by atoms with van der Waals surface area (Å²) < 4.78 is 108. The molecule has 7 nitrogen and oxygen atoms in total. The van der Waals surface area contributed by atoms with Crippen molar-refractivity contribution in [3.63, 3.8) is 0 Å². The van der Waals surface area contributed by atoms with Gasteiger partial charge in [0.1, 0.15) is 0 Å². The molecule has 0 fully saturated rings. The molecule has 21 aromatic rings. The van der Waals surface area contributed by atoms with Gasteiger partial charge in [-0.15, -0.1) is 0 Å². The molecule has 0 atom stereocenters. The molecule has 6 aromatic heterocycles. The van der Waals surface area contributed by atoms with Crippen molar-refractivity contribution in [3.8, 4) is 62.4 Å². The summed E-state index contributed by atoms with van der Waals surface area (Å²) in [5, 5.41) is 23.0. The lowest BCUT2D eigenvalue weighted by Crippen LogP contribution is -2.14. The van der Waals surface area contributed by atoms with Crippen LogP contribution in [0.2, 0.25) is 0 Å². The normalized spacial score (nSPS) is 12.4. The predicted molar refractivity (Wildman–Crippen MR) is 418 cm³/mol. The van der Waals surface area contributed by atoms with Gasteiger partial charge in [-0.2, -0.15) is 31.6 Å². The molecule has 106 heavy (non-hydrogen) atoms. The Morgan fingerprint density at radius 1 is 0.226 bits per heavy atom. The van der Waals surface area contributed by atoms with Gasteiger partial charge in [0.25, 0.3) is 0 Å². The molecular formula is C93H53F6N7. The zero-order valence-corrected chi connectivity index (χ0v) is 56.0. The average molecular weight is 1380 g/mol. The lowest BCUT2D eigenvalue weighted by Gasteiger charge is -2.22. The Balaban J connectivity index is 0.876. The van der Waals surface area contributed by atoms with E-state index in [1.54, 1.807) is 12.1 Å². The standard InChI is InChI=1S/C93H53F6N7/c94-92(95,96)75-26-17-27-76(93(97,98)99)91(75)56-37-43-70(90(49-56)106-87-46-40-59(103-81-32-13-5-22-65(81)66-23-6-14-33-82(66)103)52-73(87)74-53-60(41-47-88(74)106)104-83-34-15-7-24-67(83)68-25-8-16-35-84(68)104)69-42-36-55(54-100)48-89(69)105-85-44-38-57(101-77-28-9-1-18-61(77)62-19-2-10-29-78(62)101)50-71(85)72-51-58(39-45-86(72)105)102-79-30-11-3-20-63(79)64-21-4-12-31-80(64)102/h1-53H. The Kier molecular flexibility index (Phi) is 13.0. The summed E-state index contributed by atoms with van der Waals surface area (Å²) in [6.45, 7) is 0. The summed E-state index contributed by atoms with van der Waals surface area (Å²) in [4.78, 5) is 0. The SMILES string of the molecule is N#Cc1ccc(-c2ccc(-c3c(C(F)(F)F)cccc3C(F)(F)F)cc2-n2c3ccc(-n4c5ccccc5c5ccccc54)cc3c3cc(-n4c5ccccc5c5ccccc54)ccc32)c(-n2c3ccc(-n4c5ccccc5c5ccccc54)cc3c3cc(-n4c5ccccc5c5ccccc54)ccc32)c1. The van der Waals surface area contributed by atoms with Crippen LogP contribution in [0.3, 0.4) is 0 Å². The van der Waals surface area contributed by atoms with Crippen LogP contribution in [0.25, 0.3) is 187 Å². The number of benzene rings is 15. The van der Waals surface area contributed by atoms with Crippen LogP contribution in [-0.2, 0) is 12.4 Å². The van der Waals surface area contributed by atoms with Crippen LogP contribution in [0.5, 0.6) is 0 Å². The van der Waals surface area contributed by atoms with E-state index in [-0.39, 0.29) is 11.3 Å². The number of hydrogen-bond acceptors (Lipinski definition) is 1. The van der Waals surface area contributed by atoms with Crippen LogP contribution in [-0.4, -0.2) is 27.4 Å². The molecule has 0 amide bonds. The molecule has 0 bridgehead atoms. The maximum Gasteiger partial charge on any atom is 0.417 e. The van der Waals surface area contributed by atoms with Crippen LogP contribution < -0.4 is 0 Å². The summed E-state index contributed by atoms with van der Waals surface area (Å²) in [7, 11) is 0. The molecule has 0 radical (unpaired) electrons. The molecule has 0 aliphatic rings. The first-order valence-corrected chi connectivity index (χ1v) is 34.9. The van der Waals surface area contributed by atoms with Crippen molar-refractivity contribution in [1.29, 1.82) is 5.26 Å². The average Bonchev–Trinajstić information content (AvgIpc) is 1.54. The highest BCUT2D eigenvalue weighted by atomic mass is 19.4. The van der Waals surface area contributed by atoms with Crippen molar-refractivity contribution in [2.24, 2.45) is 0 Å². The van der Waals surface area contributed by atoms with Crippen LogP contribution in [0.15, 0.2) is 322 Å². The number of nitrogens with zero attached hydrogens (tertiary/aromatic N) is 7. The van der Waals surface area contributed by atoms with Gasteiger partial charge in [-0.1, -0.05) is 170 Å². The van der Waals surface area contributed by atoms with Crippen LogP contribution >= 0.6 is 0 Å². The fourth-order valence-electron chi connectivity index (χ4n) is 17.3. The third-order valence-electron chi connectivity index (χ3n) is 21.7. The van der Waals surface area contributed by atoms with Gasteiger partial charge in [0.2, 0.25) is 0 Å². The van der Waals surface area contributed by atoms with Gasteiger partial charge < -0.3 is 27.4 Å². The van der Waals surface area contributed by atoms with E-state index in [0.717, 1.165) is 149 Å². The number of alkyl halides is 6. The van der Waals surface area contributed by atoms with E-state index in [9.17, 15) is 5.26 Å². The van der Waals surface area contributed by atoms with E-state index in [0.29, 0.717) is 45.5 Å². The van der Waals surface area contributed by atoms with E-state index < -0.39 is 29.0 Å². The fraction of sp³-hybridized carbons (Fsp3) is 0.0215. The molecule has 0 spiro atoms. The number of halogens is 6. The number of para-hydroxylation sites is 8. The number of aromatic nitrogens is 6. The maximum absolute atomic E-state index is 15.7. The summed E-state index contributed by atoms with van der Waals surface area (Å²) in [5.41, 5.74) is 12.2. The molecule has 6 heterocycles. The van der Waals surface area contributed by atoms with E-state index in [4.69, 9.17) is 0 Å². The van der Waals surface area contributed by atoms with Crippen LogP contribution in [0.4, 0.5) is 26.3 Å². The molecular weight excluding hydrogens is 1330 g/mol. The second-order valence-corrected chi connectivity index (χ2v) is 27.3. The lowest BCUT2D eigenvalue weighted by molar-refractivity contribution is -0.142. The van der Waals surface area contributed by atoms with E-state index in [2.05, 4.69) is 174 Å².